The number of hydrogen-bond acceptors (Lipinski definition) is 7. The molecule has 4 aromatic carbocycles. The van der Waals surface area contributed by atoms with Crippen LogP contribution in [0.15, 0.2) is 112 Å². The lowest BCUT2D eigenvalue weighted by Crippen LogP contribution is -2.32. The summed E-state index contributed by atoms with van der Waals surface area (Å²) in [6.07, 6.45) is 2.90. The number of halogens is 1. The molecule has 2 amide bonds. The normalized spacial score (nSPS) is 12.2. The Morgan fingerprint density at radius 2 is 1.59 bits per heavy atom. The molecule has 0 saturated heterocycles. The first kappa shape index (κ1) is 27.4. The van der Waals surface area contributed by atoms with Crippen LogP contribution in [0.5, 0.6) is 17.2 Å². The summed E-state index contributed by atoms with van der Waals surface area (Å²) in [7, 11) is 0. The summed E-state index contributed by atoms with van der Waals surface area (Å²) >= 11 is 3.34. The molecule has 0 saturated carbocycles. The Morgan fingerprint density at radius 3 is 2.41 bits per heavy atom. The number of benzene rings is 4. The number of carbonyl (C=O) groups excluding carboxylic acids is 3. The lowest BCUT2D eigenvalue weighted by atomic mass is 10.1. The fourth-order valence-corrected chi connectivity index (χ4v) is 4.18. The molecule has 0 unspecified atom stereocenters. The van der Waals surface area contributed by atoms with Crippen LogP contribution in [0, 0.1) is 0 Å². The molecule has 0 fully saturated rings. The van der Waals surface area contributed by atoms with Gasteiger partial charge in [0.05, 0.1) is 11.8 Å². The average Bonchev–Trinajstić information content (AvgIpc) is 3.45. The summed E-state index contributed by atoms with van der Waals surface area (Å²) in [6, 6.07) is 27.2. The van der Waals surface area contributed by atoms with Crippen LogP contribution < -0.4 is 25.0 Å². The second-order valence-corrected chi connectivity index (χ2v) is 9.58. The summed E-state index contributed by atoms with van der Waals surface area (Å²) in [5.74, 6) is -0.191. The Labute approximate surface area is 243 Å². The van der Waals surface area contributed by atoms with Gasteiger partial charge in [-0.05, 0) is 71.8 Å². The zero-order chi connectivity index (χ0) is 28.6. The van der Waals surface area contributed by atoms with E-state index >= 15 is 0 Å². The maximum atomic E-state index is 13.1. The van der Waals surface area contributed by atoms with Crippen LogP contribution in [-0.4, -0.2) is 30.8 Å². The van der Waals surface area contributed by atoms with Crippen LogP contribution in [-0.2, 0) is 4.79 Å². The van der Waals surface area contributed by atoms with Gasteiger partial charge < -0.3 is 19.5 Å². The molecule has 0 aliphatic carbocycles. The van der Waals surface area contributed by atoms with Crippen LogP contribution in [0.25, 0.3) is 6.08 Å². The van der Waals surface area contributed by atoms with Gasteiger partial charge in [-0.1, -0.05) is 58.4 Å². The van der Waals surface area contributed by atoms with E-state index in [1.54, 1.807) is 91.0 Å². The topological polar surface area (TPSA) is 115 Å². The van der Waals surface area contributed by atoms with Crippen LogP contribution in [0.2, 0.25) is 0 Å². The summed E-state index contributed by atoms with van der Waals surface area (Å²) in [5, 5.41) is 6.68. The molecule has 1 heterocycles. The molecular formula is C31H22BrN3O6. The SMILES string of the molecule is O=C(N/N=C/c1cccc(OC(=O)c2cccc(Br)c2)c1)/C(=C\c1ccc2c(c1)OCO2)NC(=O)c1ccccc1. The highest BCUT2D eigenvalue weighted by atomic mass is 79.9. The van der Waals surface area contributed by atoms with Gasteiger partial charge in [-0.3, -0.25) is 9.59 Å². The van der Waals surface area contributed by atoms with E-state index in [2.05, 4.69) is 31.8 Å². The molecule has 204 valence electrons. The van der Waals surface area contributed by atoms with E-state index in [1.165, 1.54) is 12.3 Å². The second kappa shape index (κ2) is 12.8. The zero-order valence-electron chi connectivity index (χ0n) is 21.4. The number of nitrogens with one attached hydrogen (secondary N) is 2. The van der Waals surface area contributed by atoms with Gasteiger partial charge in [0.2, 0.25) is 6.79 Å². The highest BCUT2D eigenvalue weighted by molar-refractivity contribution is 9.10. The second-order valence-electron chi connectivity index (χ2n) is 8.66. The van der Waals surface area contributed by atoms with E-state index in [-0.39, 0.29) is 12.5 Å². The summed E-state index contributed by atoms with van der Waals surface area (Å²) in [6.45, 7) is 0.111. The third kappa shape index (κ3) is 7.25. The van der Waals surface area contributed by atoms with Crippen molar-refractivity contribution in [2.45, 2.75) is 0 Å². The number of amides is 2. The molecular weight excluding hydrogens is 590 g/mol. The van der Waals surface area contributed by atoms with Crippen molar-refractivity contribution >= 4 is 46.0 Å². The van der Waals surface area contributed by atoms with Crippen molar-refractivity contribution in [2.24, 2.45) is 5.10 Å². The molecule has 0 spiro atoms. The third-order valence-electron chi connectivity index (χ3n) is 5.75. The highest BCUT2D eigenvalue weighted by Crippen LogP contribution is 2.33. The Kier molecular flexibility index (Phi) is 8.51. The minimum absolute atomic E-state index is 0.0356. The fourth-order valence-electron chi connectivity index (χ4n) is 3.78. The van der Waals surface area contributed by atoms with Crippen molar-refractivity contribution in [3.8, 4) is 17.2 Å². The number of nitrogens with zero attached hydrogens (tertiary/aromatic N) is 1. The first-order valence-corrected chi connectivity index (χ1v) is 13.1. The van der Waals surface area contributed by atoms with Gasteiger partial charge in [0, 0.05) is 10.0 Å². The number of hydrazone groups is 1. The maximum absolute atomic E-state index is 13.1. The lowest BCUT2D eigenvalue weighted by molar-refractivity contribution is -0.117. The molecule has 5 rings (SSSR count). The van der Waals surface area contributed by atoms with Gasteiger partial charge in [-0.25, -0.2) is 10.2 Å². The van der Waals surface area contributed by atoms with Crippen molar-refractivity contribution in [1.82, 2.24) is 10.7 Å². The van der Waals surface area contributed by atoms with Crippen LogP contribution in [0.3, 0.4) is 0 Å². The first-order valence-electron chi connectivity index (χ1n) is 12.3. The summed E-state index contributed by atoms with van der Waals surface area (Å²) in [5.41, 5.74) is 4.35. The molecule has 9 nitrogen and oxygen atoms in total. The van der Waals surface area contributed by atoms with Crippen molar-refractivity contribution in [3.63, 3.8) is 0 Å². The molecule has 0 atom stereocenters. The van der Waals surface area contributed by atoms with E-state index in [9.17, 15) is 14.4 Å². The predicted molar refractivity (Wildman–Crippen MR) is 156 cm³/mol. The number of esters is 1. The van der Waals surface area contributed by atoms with Crippen molar-refractivity contribution in [3.05, 3.63) is 129 Å². The summed E-state index contributed by atoms with van der Waals surface area (Å²) < 4.78 is 17.0. The van der Waals surface area contributed by atoms with Gasteiger partial charge in [0.15, 0.2) is 11.5 Å². The minimum atomic E-state index is -0.652. The number of fused-ring (bicyclic) bond motifs is 1. The Morgan fingerprint density at radius 1 is 0.805 bits per heavy atom. The average molecular weight is 612 g/mol. The Balaban J connectivity index is 1.30. The van der Waals surface area contributed by atoms with Crippen molar-refractivity contribution in [1.29, 1.82) is 0 Å². The van der Waals surface area contributed by atoms with E-state index in [4.69, 9.17) is 14.2 Å². The number of rotatable bonds is 8. The van der Waals surface area contributed by atoms with Crippen molar-refractivity contribution < 1.29 is 28.6 Å². The van der Waals surface area contributed by atoms with Gasteiger partial charge in [0.1, 0.15) is 11.4 Å². The molecule has 10 heteroatoms. The number of hydrogen-bond donors (Lipinski definition) is 2. The van der Waals surface area contributed by atoms with Gasteiger partial charge in [0.25, 0.3) is 11.8 Å². The van der Waals surface area contributed by atoms with Crippen LogP contribution in [0.4, 0.5) is 0 Å². The third-order valence-corrected chi connectivity index (χ3v) is 6.24. The van der Waals surface area contributed by atoms with E-state index in [0.717, 1.165) is 4.47 Å². The first-order chi connectivity index (χ1) is 19.9. The van der Waals surface area contributed by atoms with E-state index in [1.807, 2.05) is 6.07 Å². The zero-order valence-corrected chi connectivity index (χ0v) is 23.0. The number of ether oxygens (including phenoxy) is 3. The molecule has 41 heavy (non-hydrogen) atoms. The maximum Gasteiger partial charge on any atom is 0.343 e. The Hall–Kier alpha value is -5.22. The van der Waals surface area contributed by atoms with Crippen LogP contribution >= 0.6 is 15.9 Å². The number of carbonyl (C=O) groups is 3. The van der Waals surface area contributed by atoms with Gasteiger partial charge in [-0.15, -0.1) is 0 Å². The monoisotopic (exact) mass is 611 g/mol. The van der Waals surface area contributed by atoms with E-state index in [0.29, 0.717) is 39.5 Å². The molecule has 1 aliphatic heterocycles. The molecule has 0 bridgehead atoms. The summed E-state index contributed by atoms with van der Waals surface area (Å²) in [4.78, 5) is 38.4. The van der Waals surface area contributed by atoms with Crippen molar-refractivity contribution in [2.75, 3.05) is 6.79 Å². The highest BCUT2D eigenvalue weighted by Gasteiger charge is 2.17. The predicted octanol–water partition coefficient (Wildman–Crippen LogP) is 5.32. The largest absolute Gasteiger partial charge is 0.454 e. The standard InChI is InChI=1S/C31H22BrN3O6/c32-24-10-5-9-23(17-24)31(38)41-25-11-4-6-21(14-25)18-33-35-30(37)26(34-29(36)22-7-2-1-3-8-22)15-20-12-13-27-28(16-20)40-19-39-27/h1-18H,19H2,(H,34,36)(H,35,37)/b26-15+,33-18+. The van der Waals surface area contributed by atoms with E-state index < -0.39 is 17.8 Å². The molecule has 4 aromatic rings. The molecule has 2 N–H and O–H groups in total. The lowest BCUT2D eigenvalue weighted by Gasteiger charge is -2.09. The molecule has 1 aliphatic rings. The minimum Gasteiger partial charge on any atom is -0.454 e. The Bertz CT molecular complexity index is 1670. The van der Waals surface area contributed by atoms with Gasteiger partial charge in [-0.2, -0.15) is 5.10 Å². The molecule has 0 aromatic heterocycles. The smallest absolute Gasteiger partial charge is 0.343 e. The van der Waals surface area contributed by atoms with Gasteiger partial charge >= 0.3 is 5.97 Å². The fraction of sp³-hybridized carbons (Fsp3) is 0.0323. The quantitative estimate of drug-likeness (QED) is 0.0916. The van der Waals surface area contributed by atoms with Crippen LogP contribution in [0.1, 0.15) is 31.8 Å². The molecule has 0 radical (unpaired) electrons.